The van der Waals surface area contributed by atoms with E-state index < -0.39 is 0 Å². The molecule has 4 aliphatic rings. The Bertz CT molecular complexity index is 525. The third-order valence-corrected chi connectivity index (χ3v) is 6.81. The Morgan fingerprint density at radius 1 is 0.941 bits per heavy atom. The molecule has 17 heavy (non-hydrogen) atoms. The van der Waals surface area contributed by atoms with Gasteiger partial charge in [-0.3, -0.25) is 0 Å². The topological polar surface area (TPSA) is 0 Å². The molecular weight excluding hydrogens is 366 g/mol. The summed E-state index contributed by atoms with van der Waals surface area (Å²) in [4.78, 5) is 0. The second-order valence-electron chi connectivity index (χ2n) is 5.22. The van der Waals surface area contributed by atoms with Crippen LogP contribution in [-0.4, -0.2) is 10.8 Å². The normalized spacial score (nSPS) is 45.1. The Hall–Kier alpha value is 0.270. The molecular formula is C14H11Cl2I. The van der Waals surface area contributed by atoms with Crippen molar-refractivity contribution >= 4 is 45.8 Å². The smallest absolute Gasteiger partial charge is 0.0543 e. The molecule has 4 aliphatic carbocycles. The molecule has 88 valence electrons. The summed E-state index contributed by atoms with van der Waals surface area (Å²) in [6, 6.07) is 6.62. The molecule has 0 aliphatic heterocycles. The highest BCUT2D eigenvalue weighted by atomic mass is 127. The summed E-state index contributed by atoms with van der Waals surface area (Å²) in [5.74, 6) is 2.09. The predicted octanol–water partition coefficient (Wildman–Crippen LogP) is 4.50. The summed E-state index contributed by atoms with van der Waals surface area (Å²) in [5.41, 5.74) is 3.00. The molecule has 6 atom stereocenters. The number of benzene rings is 1. The van der Waals surface area contributed by atoms with Crippen LogP contribution in [0.3, 0.4) is 0 Å². The maximum absolute atomic E-state index is 6.42. The second-order valence-corrected chi connectivity index (χ2v) is 7.39. The van der Waals surface area contributed by atoms with Crippen molar-refractivity contribution < 1.29 is 0 Å². The Morgan fingerprint density at radius 2 is 1.59 bits per heavy atom. The lowest BCUT2D eigenvalue weighted by Crippen LogP contribution is -2.57. The van der Waals surface area contributed by atoms with Crippen molar-refractivity contribution in [1.82, 2.24) is 0 Å². The largest absolute Gasteiger partial charge is 0.121 e. The summed E-state index contributed by atoms with van der Waals surface area (Å²) in [7, 11) is 0. The van der Waals surface area contributed by atoms with Crippen LogP contribution in [0, 0.1) is 15.4 Å². The van der Waals surface area contributed by atoms with Gasteiger partial charge in [-0.25, -0.2) is 0 Å². The Balaban J connectivity index is 1.93. The van der Waals surface area contributed by atoms with Crippen LogP contribution in [0.5, 0.6) is 0 Å². The third kappa shape index (κ3) is 1.26. The standard InChI is InChI=1S/C14H11Cl2I/c15-13-11-7-4-5-8(12(11)14(13)16)10-6(7)2-1-3-9(10)17/h1-5,7-8,11-14H/t7-,8+,11+,12+,13+,14-/m0/s1. The lowest BCUT2D eigenvalue weighted by Gasteiger charge is -2.58. The molecule has 1 saturated carbocycles. The Kier molecular flexibility index (Phi) is 2.38. The van der Waals surface area contributed by atoms with Crippen molar-refractivity contribution in [1.29, 1.82) is 0 Å². The van der Waals surface area contributed by atoms with Crippen molar-refractivity contribution in [3.63, 3.8) is 0 Å². The van der Waals surface area contributed by atoms with Crippen LogP contribution in [0.15, 0.2) is 30.4 Å². The molecule has 0 heterocycles. The highest BCUT2D eigenvalue weighted by Crippen LogP contribution is 2.63. The van der Waals surface area contributed by atoms with Gasteiger partial charge in [0.1, 0.15) is 0 Å². The van der Waals surface area contributed by atoms with E-state index in [0.717, 1.165) is 0 Å². The fourth-order valence-electron chi connectivity index (χ4n) is 3.87. The van der Waals surface area contributed by atoms with Crippen molar-refractivity contribution in [2.45, 2.75) is 22.6 Å². The van der Waals surface area contributed by atoms with Gasteiger partial charge in [-0.2, -0.15) is 0 Å². The molecule has 0 unspecified atom stereocenters. The maximum atomic E-state index is 6.42. The van der Waals surface area contributed by atoms with Gasteiger partial charge in [-0.15, -0.1) is 23.2 Å². The van der Waals surface area contributed by atoms with Crippen LogP contribution >= 0.6 is 45.8 Å². The maximum Gasteiger partial charge on any atom is 0.0543 e. The van der Waals surface area contributed by atoms with E-state index in [9.17, 15) is 0 Å². The number of alkyl halides is 2. The van der Waals surface area contributed by atoms with Crippen LogP contribution in [0.4, 0.5) is 0 Å². The van der Waals surface area contributed by atoms with Gasteiger partial charge in [-0.05, 0) is 51.6 Å². The van der Waals surface area contributed by atoms with Crippen LogP contribution in [0.1, 0.15) is 23.0 Å². The SMILES string of the molecule is Cl[C@@H]1[C@H](Cl)[C@H]2[C@H]1[C@@H]1C=C[C@H]2c2cccc(I)c21. The van der Waals surface area contributed by atoms with Gasteiger partial charge in [0, 0.05) is 15.4 Å². The van der Waals surface area contributed by atoms with Gasteiger partial charge in [0.15, 0.2) is 0 Å². The predicted molar refractivity (Wildman–Crippen MR) is 80.0 cm³/mol. The van der Waals surface area contributed by atoms with Gasteiger partial charge < -0.3 is 0 Å². The average molecular weight is 377 g/mol. The van der Waals surface area contributed by atoms with Gasteiger partial charge in [0.25, 0.3) is 0 Å². The molecule has 1 aromatic rings. The van der Waals surface area contributed by atoms with Crippen LogP contribution in [-0.2, 0) is 0 Å². The van der Waals surface area contributed by atoms with Gasteiger partial charge in [0.05, 0.1) is 10.8 Å². The van der Waals surface area contributed by atoms with E-state index in [-0.39, 0.29) is 10.8 Å². The number of halogens is 3. The zero-order valence-electron chi connectivity index (χ0n) is 8.98. The zero-order chi connectivity index (χ0) is 11.7. The van der Waals surface area contributed by atoms with Crippen LogP contribution in [0.2, 0.25) is 0 Å². The highest BCUT2D eigenvalue weighted by Gasteiger charge is 2.59. The summed E-state index contributed by atoms with van der Waals surface area (Å²) < 4.78 is 1.37. The quantitative estimate of drug-likeness (QED) is 0.355. The molecule has 2 bridgehead atoms. The molecule has 0 amide bonds. The fraction of sp³-hybridized carbons (Fsp3) is 0.429. The van der Waals surface area contributed by atoms with E-state index in [0.29, 0.717) is 23.7 Å². The second kappa shape index (κ2) is 3.64. The average Bonchev–Trinajstić information content (AvgIpc) is 2.37. The monoisotopic (exact) mass is 376 g/mol. The summed E-state index contributed by atoms with van der Waals surface area (Å²) >= 11 is 15.3. The first-order valence-electron chi connectivity index (χ1n) is 5.95. The van der Waals surface area contributed by atoms with E-state index in [1.54, 1.807) is 0 Å². The zero-order valence-corrected chi connectivity index (χ0v) is 12.7. The number of rotatable bonds is 0. The Morgan fingerprint density at radius 3 is 2.35 bits per heavy atom. The Labute approximate surface area is 125 Å². The van der Waals surface area contributed by atoms with Crippen molar-refractivity contribution in [3.05, 3.63) is 45.0 Å². The van der Waals surface area contributed by atoms with Gasteiger partial charge >= 0.3 is 0 Å². The van der Waals surface area contributed by atoms with Crippen molar-refractivity contribution in [2.24, 2.45) is 11.8 Å². The van der Waals surface area contributed by atoms with E-state index in [1.807, 2.05) is 0 Å². The van der Waals surface area contributed by atoms with Crippen molar-refractivity contribution in [2.75, 3.05) is 0 Å². The van der Waals surface area contributed by atoms with Crippen LogP contribution in [0.25, 0.3) is 0 Å². The third-order valence-electron chi connectivity index (χ3n) is 4.62. The highest BCUT2D eigenvalue weighted by molar-refractivity contribution is 14.1. The van der Waals surface area contributed by atoms with Crippen molar-refractivity contribution in [3.8, 4) is 0 Å². The number of hydrogen-bond acceptors (Lipinski definition) is 0. The molecule has 0 aromatic heterocycles. The van der Waals surface area contributed by atoms with Crippen LogP contribution < -0.4 is 0 Å². The minimum absolute atomic E-state index is 0.142. The molecule has 0 saturated heterocycles. The molecule has 0 radical (unpaired) electrons. The molecule has 0 N–H and O–H groups in total. The van der Waals surface area contributed by atoms with Gasteiger partial charge in [-0.1, -0.05) is 24.3 Å². The van der Waals surface area contributed by atoms with Gasteiger partial charge in [0.2, 0.25) is 0 Å². The molecule has 1 fully saturated rings. The lowest BCUT2D eigenvalue weighted by atomic mass is 9.51. The summed E-state index contributed by atoms with van der Waals surface area (Å²) in [6.45, 7) is 0. The molecule has 3 heteroatoms. The molecule has 0 spiro atoms. The molecule has 1 aromatic carbocycles. The van der Waals surface area contributed by atoms with E-state index in [4.69, 9.17) is 23.2 Å². The fourth-order valence-corrected chi connectivity index (χ4v) is 5.73. The first kappa shape index (κ1) is 11.1. The summed E-state index contributed by atoms with van der Waals surface area (Å²) in [6.07, 6.45) is 4.71. The van der Waals surface area contributed by atoms with E-state index >= 15 is 0 Å². The minimum atomic E-state index is 0.142. The molecule has 0 nitrogen and oxygen atoms in total. The lowest BCUT2D eigenvalue weighted by molar-refractivity contribution is 0.129. The number of allylic oxidation sites excluding steroid dienone is 2. The van der Waals surface area contributed by atoms with E-state index in [1.165, 1.54) is 14.7 Å². The minimum Gasteiger partial charge on any atom is -0.121 e. The molecule has 5 rings (SSSR count). The van der Waals surface area contributed by atoms with E-state index in [2.05, 4.69) is 52.9 Å². The first-order valence-corrected chi connectivity index (χ1v) is 7.90. The first-order chi connectivity index (χ1) is 8.20. The summed E-state index contributed by atoms with van der Waals surface area (Å²) in [5, 5.41) is 0.286. The number of hydrogen-bond donors (Lipinski definition) is 0.